The summed E-state index contributed by atoms with van der Waals surface area (Å²) in [4.78, 5) is 26.0. The molecule has 1 atom stereocenters. The normalized spacial score (nSPS) is 16.1. The van der Waals surface area contributed by atoms with E-state index in [-0.39, 0.29) is 5.91 Å². The van der Waals surface area contributed by atoms with Gasteiger partial charge in [0.05, 0.1) is 17.1 Å². The number of aromatic nitrogens is 2. The highest BCUT2D eigenvalue weighted by atomic mass is 32.1. The molecule has 0 fully saturated rings. The van der Waals surface area contributed by atoms with Crippen molar-refractivity contribution in [3.8, 4) is 27.7 Å². The third-order valence-corrected chi connectivity index (χ3v) is 5.75. The molecule has 0 saturated heterocycles. The first-order valence-electron chi connectivity index (χ1n) is 9.71. The molecule has 6 nitrogen and oxygen atoms in total. The Morgan fingerprint density at radius 1 is 1.21 bits per heavy atom. The summed E-state index contributed by atoms with van der Waals surface area (Å²) in [6.07, 6.45) is 1.99. The van der Waals surface area contributed by atoms with Crippen LogP contribution in [0, 0.1) is 0 Å². The fourth-order valence-corrected chi connectivity index (χ4v) is 4.09. The molecule has 0 radical (unpaired) electrons. The number of likely N-dealkylation sites (N-methyl/N-ethyl adjacent to an activating group) is 1. The number of pyridine rings is 1. The van der Waals surface area contributed by atoms with Crippen molar-refractivity contribution in [2.75, 3.05) is 32.1 Å². The van der Waals surface area contributed by atoms with Crippen molar-refractivity contribution >= 4 is 22.9 Å². The van der Waals surface area contributed by atoms with Gasteiger partial charge in [0.2, 0.25) is 0 Å². The molecule has 0 bridgehead atoms. The number of fused-ring (bicyclic) bond motifs is 1. The third-order valence-electron chi connectivity index (χ3n) is 4.89. The molecular weight excluding hydrogens is 384 g/mol. The summed E-state index contributed by atoms with van der Waals surface area (Å²) >= 11 is 1.56. The predicted octanol–water partition coefficient (Wildman–Crippen LogP) is 3.94. The molecule has 0 aliphatic carbocycles. The lowest BCUT2D eigenvalue weighted by Gasteiger charge is -2.35. The Labute approximate surface area is 174 Å². The van der Waals surface area contributed by atoms with Gasteiger partial charge >= 0.3 is 0 Å². The van der Waals surface area contributed by atoms with Gasteiger partial charge in [0, 0.05) is 30.2 Å². The molecule has 3 aromatic rings. The number of benzene rings is 1. The van der Waals surface area contributed by atoms with E-state index in [9.17, 15) is 4.79 Å². The lowest BCUT2D eigenvalue weighted by molar-refractivity contribution is -0.126. The van der Waals surface area contributed by atoms with Gasteiger partial charge in [0.15, 0.2) is 6.10 Å². The summed E-state index contributed by atoms with van der Waals surface area (Å²) in [5, 5.41) is 2.90. The lowest BCUT2D eigenvalue weighted by atomic mass is 10.1. The molecule has 3 heterocycles. The van der Waals surface area contributed by atoms with Gasteiger partial charge in [-0.05, 0) is 50.8 Å². The van der Waals surface area contributed by atoms with Crippen LogP contribution in [0.15, 0.2) is 48.0 Å². The van der Waals surface area contributed by atoms with Gasteiger partial charge in [0.25, 0.3) is 5.91 Å². The zero-order valence-electron chi connectivity index (χ0n) is 16.8. The van der Waals surface area contributed by atoms with E-state index in [1.54, 1.807) is 17.5 Å². The molecule has 1 aromatic carbocycles. The van der Waals surface area contributed by atoms with Crippen molar-refractivity contribution in [3.05, 3.63) is 48.0 Å². The number of thiazole rings is 1. The smallest absolute Gasteiger partial charge is 0.268 e. The van der Waals surface area contributed by atoms with Crippen LogP contribution in [0.5, 0.6) is 5.75 Å². The minimum absolute atomic E-state index is 0.0199. The van der Waals surface area contributed by atoms with Crippen LogP contribution in [0.25, 0.3) is 22.0 Å². The molecule has 29 heavy (non-hydrogen) atoms. The monoisotopic (exact) mass is 408 g/mol. The van der Waals surface area contributed by atoms with E-state index in [4.69, 9.17) is 9.72 Å². The van der Waals surface area contributed by atoms with Gasteiger partial charge in [-0.15, -0.1) is 11.3 Å². The van der Waals surface area contributed by atoms with E-state index in [1.807, 2.05) is 67.7 Å². The van der Waals surface area contributed by atoms with Crippen molar-refractivity contribution < 1.29 is 9.53 Å². The van der Waals surface area contributed by atoms with Gasteiger partial charge in [-0.3, -0.25) is 9.78 Å². The second kappa shape index (κ2) is 8.31. The average Bonchev–Trinajstić information content (AvgIpc) is 3.23. The number of rotatable bonds is 6. The molecule has 0 saturated carbocycles. The largest absolute Gasteiger partial charge is 0.478 e. The number of hydrogen-bond donors (Lipinski definition) is 0. The fourth-order valence-electron chi connectivity index (χ4n) is 3.29. The van der Waals surface area contributed by atoms with E-state index >= 15 is 0 Å². The maximum Gasteiger partial charge on any atom is 0.268 e. The number of ether oxygens (including phenoxy) is 1. The van der Waals surface area contributed by atoms with Crippen molar-refractivity contribution in [2.24, 2.45) is 0 Å². The van der Waals surface area contributed by atoms with Gasteiger partial charge in [-0.2, -0.15) is 0 Å². The standard InChI is InChI=1S/C22H24N4O2S/c1-4-19-22(27)26(12-11-25(2)3)18-13-15(8-9-20(18)28-19)17-14-29-21(24-17)16-7-5-6-10-23-16/h5-10,13-14,19H,4,11-12H2,1-3H3. The van der Waals surface area contributed by atoms with Gasteiger partial charge < -0.3 is 14.5 Å². The number of carbonyl (C=O) groups is 1. The first-order chi connectivity index (χ1) is 14.1. The number of nitrogens with zero attached hydrogens (tertiary/aromatic N) is 4. The van der Waals surface area contributed by atoms with Crippen LogP contribution < -0.4 is 9.64 Å². The zero-order chi connectivity index (χ0) is 20.4. The maximum atomic E-state index is 12.9. The van der Waals surface area contributed by atoms with Gasteiger partial charge in [0.1, 0.15) is 10.8 Å². The zero-order valence-corrected chi connectivity index (χ0v) is 17.6. The predicted molar refractivity (Wildman–Crippen MR) is 116 cm³/mol. The van der Waals surface area contributed by atoms with Crippen LogP contribution in [0.3, 0.4) is 0 Å². The summed E-state index contributed by atoms with van der Waals surface area (Å²) in [7, 11) is 4.02. The van der Waals surface area contributed by atoms with E-state index < -0.39 is 6.10 Å². The molecule has 0 N–H and O–H groups in total. The first-order valence-corrected chi connectivity index (χ1v) is 10.6. The lowest BCUT2D eigenvalue weighted by Crippen LogP contribution is -2.47. The van der Waals surface area contributed by atoms with E-state index in [0.29, 0.717) is 13.0 Å². The van der Waals surface area contributed by atoms with E-state index in [1.165, 1.54) is 0 Å². The highest BCUT2D eigenvalue weighted by Crippen LogP contribution is 2.38. The topological polar surface area (TPSA) is 58.6 Å². The Bertz CT molecular complexity index is 1000. The first kappa shape index (κ1) is 19.5. The van der Waals surface area contributed by atoms with E-state index in [0.717, 1.165) is 39.9 Å². The Balaban J connectivity index is 1.68. The number of anilines is 1. The van der Waals surface area contributed by atoms with Crippen molar-refractivity contribution in [2.45, 2.75) is 19.4 Å². The second-order valence-corrected chi connectivity index (χ2v) is 8.10. The third kappa shape index (κ3) is 4.02. The maximum absolute atomic E-state index is 12.9. The quantitative estimate of drug-likeness (QED) is 0.618. The molecule has 150 valence electrons. The minimum Gasteiger partial charge on any atom is -0.478 e. The molecule has 1 aliphatic rings. The van der Waals surface area contributed by atoms with Gasteiger partial charge in [-0.25, -0.2) is 4.98 Å². The summed E-state index contributed by atoms with van der Waals surface area (Å²) < 4.78 is 5.96. The Kier molecular flexibility index (Phi) is 5.60. The summed E-state index contributed by atoms with van der Waals surface area (Å²) in [5.74, 6) is 0.769. The number of amides is 1. The summed E-state index contributed by atoms with van der Waals surface area (Å²) in [5.41, 5.74) is 3.50. The van der Waals surface area contributed by atoms with Crippen LogP contribution in [0.1, 0.15) is 13.3 Å². The molecule has 1 amide bonds. The Morgan fingerprint density at radius 2 is 2.07 bits per heavy atom. The average molecular weight is 409 g/mol. The summed E-state index contributed by atoms with van der Waals surface area (Å²) in [6, 6.07) is 11.8. The Morgan fingerprint density at radius 3 is 2.79 bits per heavy atom. The molecule has 0 spiro atoms. The van der Waals surface area contributed by atoms with Crippen molar-refractivity contribution in [3.63, 3.8) is 0 Å². The SMILES string of the molecule is CCC1Oc2ccc(-c3csc(-c4ccccn4)n3)cc2N(CCN(C)C)C1=O. The molecule has 1 unspecified atom stereocenters. The molecule has 7 heteroatoms. The second-order valence-electron chi connectivity index (χ2n) is 7.24. The van der Waals surface area contributed by atoms with Gasteiger partial charge in [-0.1, -0.05) is 13.0 Å². The van der Waals surface area contributed by atoms with Crippen LogP contribution in [-0.2, 0) is 4.79 Å². The Hall–Kier alpha value is -2.77. The number of carbonyl (C=O) groups excluding carboxylic acids is 1. The van der Waals surface area contributed by atoms with Crippen LogP contribution in [-0.4, -0.2) is 54.1 Å². The van der Waals surface area contributed by atoms with Crippen LogP contribution in [0.2, 0.25) is 0 Å². The highest BCUT2D eigenvalue weighted by molar-refractivity contribution is 7.13. The van der Waals surface area contributed by atoms with Crippen LogP contribution >= 0.6 is 11.3 Å². The highest BCUT2D eigenvalue weighted by Gasteiger charge is 2.33. The molecule has 2 aromatic heterocycles. The minimum atomic E-state index is -0.425. The molecule has 4 rings (SSSR count). The number of hydrogen-bond acceptors (Lipinski definition) is 6. The molecular formula is C22H24N4O2S. The van der Waals surface area contributed by atoms with Crippen molar-refractivity contribution in [1.29, 1.82) is 0 Å². The fraction of sp³-hybridized carbons (Fsp3) is 0.318. The molecule has 1 aliphatic heterocycles. The summed E-state index contributed by atoms with van der Waals surface area (Å²) in [6.45, 7) is 3.38. The van der Waals surface area contributed by atoms with E-state index in [2.05, 4.69) is 9.88 Å². The van der Waals surface area contributed by atoms with Crippen molar-refractivity contribution in [1.82, 2.24) is 14.9 Å². The van der Waals surface area contributed by atoms with Crippen LogP contribution in [0.4, 0.5) is 5.69 Å².